The van der Waals surface area contributed by atoms with Crippen molar-refractivity contribution in [3.05, 3.63) is 11.7 Å². The number of nitrogens with two attached hydrogens (primary N) is 1. The van der Waals surface area contributed by atoms with Crippen LogP contribution in [0.3, 0.4) is 0 Å². The molecule has 1 aliphatic carbocycles. The Morgan fingerprint density at radius 1 is 1.33 bits per heavy atom. The third-order valence-corrected chi connectivity index (χ3v) is 4.92. The third kappa shape index (κ3) is 3.91. The Bertz CT molecular complexity index is 575. The average molecular weight is 357 g/mol. The van der Waals surface area contributed by atoms with Crippen LogP contribution in [0.2, 0.25) is 0 Å². The van der Waals surface area contributed by atoms with Crippen LogP contribution in [0.4, 0.5) is 0 Å². The lowest BCUT2D eigenvalue weighted by Gasteiger charge is -2.26. The molecule has 2 aliphatic rings. The van der Waals surface area contributed by atoms with E-state index in [1.807, 2.05) is 4.90 Å². The molecule has 1 aromatic rings. The number of carbonyl (C=O) groups excluding carboxylic acids is 1. The van der Waals surface area contributed by atoms with E-state index in [-0.39, 0.29) is 29.8 Å². The summed E-state index contributed by atoms with van der Waals surface area (Å²) in [7, 11) is 0. The van der Waals surface area contributed by atoms with Crippen LogP contribution in [0, 0.1) is 5.41 Å². The van der Waals surface area contributed by atoms with Gasteiger partial charge in [-0.1, -0.05) is 38.8 Å². The van der Waals surface area contributed by atoms with E-state index < -0.39 is 5.54 Å². The van der Waals surface area contributed by atoms with Gasteiger partial charge in [0, 0.05) is 13.0 Å². The number of hydrogen-bond donors (Lipinski definition) is 1. The maximum Gasteiger partial charge on any atom is 0.249 e. The van der Waals surface area contributed by atoms with Gasteiger partial charge in [0.2, 0.25) is 11.8 Å². The lowest BCUT2D eigenvalue weighted by molar-refractivity contribution is -0.134. The third-order valence-electron chi connectivity index (χ3n) is 4.92. The van der Waals surface area contributed by atoms with Crippen molar-refractivity contribution in [2.45, 2.75) is 77.3 Å². The summed E-state index contributed by atoms with van der Waals surface area (Å²) in [4.78, 5) is 19.1. The minimum absolute atomic E-state index is 0. The summed E-state index contributed by atoms with van der Waals surface area (Å²) < 4.78 is 5.50. The molecule has 1 aliphatic heterocycles. The van der Waals surface area contributed by atoms with Crippen molar-refractivity contribution >= 4 is 18.3 Å². The Hall–Kier alpha value is -1.14. The molecule has 24 heavy (non-hydrogen) atoms. The Balaban J connectivity index is 0.00000208. The maximum atomic E-state index is 12.6. The van der Waals surface area contributed by atoms with Gasteiger partial charge in [-0.3, -0.25) is 4.79 Å². The molecular weight excluding hydrogens is 328 g/mol. The first-order valence-corrected chi connectivity index (χ1v) is 8.71. The van der Waals surface area contributed by atoms with Crippen LogP contribution >= 0.6 is 12.4 Å². The predicted octanol–water partition coefficient (Wildman–Crippen LogP) is 3.32. The van der Waals surface area contributed by atoms with Crippen molar-refractivity contribution in [2.24, 2.45) is 11.1 Å². The number of rotatable bonds is 3. The van der Waals surface area contributed by atoms with Crippen molar-refractivity contribution in [3.8, 4) is 0 Å². The van der Waals surface area contributed by atoms with E-state index >= 15 is 0 Å². The molecule has 3 rings (SSSR count). The van der Waals surface area contributed by atoms with Gasteiger partial charge in [-0.05, 0) is 31.1 Å². The van der Waals surface area contributed by atoms with E-state index in [0.29, 0.717) is 18.1 Å². The number of hydrogen-bond acceptors (Lipinski definition) is 5. The molecule has 6 nitrogen and oxygen atoms in total. The largest absolute Gasteiger partial charge is 0.337 e. The number of amides is 1. The molecule has 2 fully saturated rings. The molecule has 1 atom stereocenters. The fraction of sp³-hybridized carbons (Fsp3) is 0.824. The summed E-state index contributed by atoms with van der Waals surface area (Å²) in [6.45, 7) is 7.02. The average Bonchev–Trinajstić information content (AvgIpc) is 3.16. The van der Waals surface area contributed by atoms with Crippen molar-refractivity contribution in [3.63, 3.8) is 0 Å². The van der Waals surface area contributed by atoms with Gasteiger partial charge in [0.05, 0.1) is 5.54 Å². The standard InChI is InChI=1S/C17H28N4O2.ClH/c1-16(2,3)11-13(22)21-10-6-7-12(21)14-19-15(20-23-14)17(18)8-4-5-9-17;/h12H,4-11,18H2,1-3H3;1H. The van der Waals surface area contributed by atoms with Crippen molar-refractivity contribution in [1.29, 1.82) is 0 Å². The van der Waals surface area contributed by atoms with E-state index in [1.54, 1.807) is 0 Å². The lowest BCUT2D eigenvalue weighted by Crippen LogP contribution is -2.35. The van der Waals surface area contributed by atoms with E-state index in [0.717, 1.165) is 45.1 Å². The molecule has 1 amide bonds. The SMILES string of the molecule is CC(C)(C)CC(=O)N1CCCC1c1nc(C2(N)CCCC2)no1.Cl. The van der Waals surface area contributed by atoms with Gasteiger partial charge >= 0.3 is 0 Å². The normalized spacial score (nSPS) is 23.3. The van der Waals surface area contributed by atoms with Crippen LogP contribution in [0.1, 0.15) is 83.5 Å². The first kappa shape index (κ1) is 19.2. The quantitative estimate of drug-likeness (QED) is 0.897. The van der Waals surface area contributed by atoms with Crippen LogP contribution in [0.25, 0.3) is 0 Å². The van der Waals surface area contributed by atoms with Gasteiger partial charge in [0.25, 0.3) is 0 Å². The van der Waals surface area contributed by atoms with Crippen molar-refractivity contribution < 1.29 is 9.32 Å². The van der Waals surface area contributed by atoms with E-state index in [2.05, 4.69) is 30.9 Å². The summed E-state index contributed by atoms with van der Waals surface area (Å²) in [5.41, 5.74) is 5.94. The zero-order chi connectivity index (χ0) is 16.7. The number of halogens is 1. The Morgan fingerprint density at radius 3 is 2.62 bits per heavy atom. The second-order valence-electron chi connectivity index (χ2n) is 8.30. The molecule has 0 aromatic carbocycles. The molecule has 1 aromatic heterocycles. The highest BCUT2D eigenvalue weighted by Gasteiger charge is 2.39. The predicted molar refractivity (Wildman–Crippen MR) is 93.6 cm³/mol. The summed E-state index contributed by atoms with van der Waals surface area (Å²) in [5, 5.41) is 4.13. The van der Waals surface area contributed by atoms with Gasteiger partial charge in [-0.2, -0.15) is 4.98 Å². The maximum absolute atomic E-state index is 12.6. The number of aromatic nitrogens is 2. The highest BCUT2D eigenvalue weighted by molar-refractivity contribution is 5.85. The van der Waals surface area contributed by atoms with Gasteiger partial charge in [-0.25, -0.2) is 0 Å². The van der Waals surface area contributed by atoms with Crippen molar-refractivity contribution in [1.82, 2.24) is 15.0 Å². The molecule has 2 N–H and O–H groups in total. The summed E-state index contributed by atoms with van der Waals surface area (Å²) >= 11 is 0. The first-order valence-electron chi connectivity index (χ1n) is 8.71. The smallest absolute Gasteiger partial charge is 0.249 e. The molecular formula is C17H29ClN4O2. The summed E-state index contributed by atoms with van der Waals surface area (Å²) in [6.07, 6.45) is 6.43. The van der Waals surface area contributed by atoms with Gasteiger partial charge in [0.1, 0.15) is 6.04 Å². The Kier molecular flexibility index (Phi) is 5.60. The van der Waals surface area contributed by atoms with Crippen LogP contribution in [0.5, 0.6) is 0 Å². The monoisotopic (exact) mass is 356 g/mol. The topological polar surface area (TPSA) is 85.2 Å². The van der Waals surface area contributed by atoms with Crippen molar-refractivity contribution in [2.75, 3.05) is 6.54 Å². The molecule has 1 unspecified atom stereocenters. The lowest BCUT2D eigenvalue weighted by atomic mass is 9.91. The molecule has 2 heterocycles. The van der Waals surface area contributed by atoms with Gasteiger partial charge in [-0.15, -0.1) is 12.4 Å². The van der Waals surface area contributed by atoms with Crippen LogP contribution in [-0.4, -0.2) is 27.5 Å². The van der Waals surface area contributed by atoms with Gasteiger partial charge in [0.15, 0.2) is 5.82 Å². The van der Waals surface area contributed by atoms with Crippen LogP contribution < -0.4 is 5.73 Å². The second kappa shape index (κ2) is 7.00. The molecule has 1 saturated carbocycles. The first-order chi connectivity index (χ1) is 10.8. The van der Waals surface area contributed by atoms with E-state index in [1.165, 1.54) is 0 Å². The summed E-state index contributed by atoms with van der Waals surface area (Å²) in [5.74, 6) is 1.33. The Morgan fingerprint density at radius 2 is 2.00 bits per heavy atom. The number of carbonyl (C=O) groups is 1. The minimum Gasteiger partial charge on any atom is -0.337 e. The minimum atomic E-state index is -0.444. The summed E-state index contributed by atoms with van der Waals surface area (Å²) in [6, 6.07) is -0.0869. The molecule has 136 valence electrons. The molecule has 7 heteroatoms. The van der Waals surface area contributed by atoms with Gasteiger partial charge < -0.3 is 15.2 Å². The zero-order valence-corrected chi connectivity index (χ0v) is 15.7. The second-order valence-corrected chi connectivity index (χ2v) is 8.30. The fourth-order valence-electron chi connectivity index (χ4n) is 3.68. The molecule has 0 radical (unpaired) electrons. The molecule has 0 spiro atoms. The zero-order valence-electron chi connectivity index (χ0n) is 14.9. The van der Waals surface area contributed by atoms with Crippen LogP contribution in [0.15, 0.2) is 4.52 Å². The Labute approximate surface area is 149 Å². The van der Waals surface area contributed by atoms with E-state index in [9.17, 15) is 4.79 Å². The molecule has 0 bridgehead atoms. The molecule has 1 saturated heterocycles. The fourth-order valence-corrected chi connectivity index (χ4v) is 3.68. The number of likely N-dealkylation sites (tertiary alicyclic amines) is 1. The number of nitrogens with zero attached hydrogens (tertiary/aromatic N) is 3. The highest BCUT2D eigenvalue weighted by Crippen LogP contribution is 2.37. The van der Waals surface area contributed by atoms with Crippen LogP contribution in [-0.2, 0) is 10.3 Å². The highest BCUT2D eigenvalue weighted by atomic mass is 35.5. The van der Waals surface area contributed by atoms with E-state index in [4.69, 9.17) is 10.3 Å².